The normalized spacial score (nSPS) is 19.8. The second kappa shape index (κ2) is 7.44. The molecule has 2 aromatic carbocycles. The van der Waals surface area contributed by atoms with E-state index in [2.05, 4.69) is 0 Å². The Morgan fingerprint density at radius 2 is 1.69 bits per heavy atom. The molecule has 3 nitrogen and oxygen atoms in total. The maximum Gasteiger partial charge on any atom is 0.416 e. The van der Waals surface area contributed by atoms with Crippen molar-refractivity contribution >= 4 is 23.3 Å². The predicted molar refractivity (Wildman–Crippen MR) is 93.8 cm³/mol. The van der Waals surface area contributed by atoms with Gasteiger partial charge < -0.3 is 10.0 Å². The Kier molecular flexibility index (Phi) is 5.46. The smallest absolute Gasteiger partial charge is 0.416 e. The first-order valence-corrected chi connectivity index (χ1v) is 8.76. The van der Waals surface area contributed by atoms with Gasteiger partial charge in [-0.3, -0.25) is 4.79 Å². The number of aliphatic carboxylic acids is 1. The van der Waals surface area contributed by atoms with Crippen molar-refractivity contribution in [2.45, 2.75) is 31.4 Å². The molecule has 0 aromatic heterocycles. The summed E-state index contributed by atoms with van der Waals surface area (Å²) in [5.41, 5.74) is -0.270. The molecule has 0 unspecified atom stereocenters. The number of carboxylic acid groups (broad SMARTS) is 1. The first-order valence-electron chi connectivity index (χ1n) is 8.38. The summed E-state index contributed by atoms with van der Waals surface area (Å²) in [6.07, 6.45) is -9.80. The number of alkyl halides is 6. The molecular formula is C19H14ClF6NO2. The van der Waals surface area contributed by atoms with E-state index in [0.29, 0.717) is 5.56 Å². The van der Waals surface area contributed by atoms with Gasteiger partial charge in [-0.15, -0.1) is 0 Å². The van der Waals surface area contributed by atoms with Crippen molar-refractivity contribution in [1.29, 1.82) is 0 Å². The highest BCUT2D eigenvalue weighted by Gasteiger charge is 2.53. The molecule has 0 bridgehead atoms. The van der Waals surface area contributed by atoms with Crippen LogP contribution in [0, 0.1) is 5.92 Å². The van der Waals surface area contributed by atoms with Gasteiger partial charge in [0.2, 0.25) is 0 Å². The van der Waals surface area contributed by atoms with Gasteiger partial charge in [-0.05, 0) is 47.9 Å². The van der Waals surface area contributed by atoms with Crippen LogP contribution >= 0.6 is 11.6 Å². The minimum absolute atomic E-state index is 0.147. The number of carboxylic acids is 1. The highest BCUT2D eigenvalue weighted by molar-refractivity contribution is 6.30. The summed E-state index contributed by atoms with van der Waals surface area (Å²) >= 11 is 5.90. The van der Waals surface area contributed by atoms with Crippen LogP contribution in [0.1, 0.15) is 16.7 Å². The lowest BCUT2D eigenvalue weighted by molar-refractivity contribution is -0.175. The minimum atomic E-state index is -4.87. The molecule has 0 spiro atoms. The summed E-state index contributed by atoms with van der Waals surface area (Å²) in [4.78, 5) is 12.4. The van der Waals surface area contributed by atoms with Crippen LogP contribution < -0.4 is 4.90 Å². The van der Waals surface area contributed by atoms with Crippen molar-refractivity contribution < 1.29 is 36.2 Å². The SMILES string of the molecule is O=C(O)[C@@H]1Cc2cc(Cl)ccc2N(Cc2ccc(C(F)(F)F)cc2)[C@@H]1C(F)(F)F. The monoisotopic (exact) mass is 437 g/mol. The molecular weight excluding hydrogens is 424 g/mol. The Morgan fingerprint density at radius 3 is 2.21 bits per heavy atom. The van der Waals surface area contributed by atoms with Gasteiger partial charge in [-0.2, -0.15) is 26.3 Å². The fraction of sp³-hybridized carbons (Fsp3) is 0.316. The third-order valence-corrected chi connectivity index (χ3v) is 5.03. The molecule has 0 saturated carbocycles. The summed E-state index contributed by atoms with van der Waals surface area (Å²) in [5, 5.41) is 9.64. The Bertz CT molecular complexity index is 910. The largest absolute Gasteiger partial charge is 0.481 e. The summed E-state index contributed by atoms with van der Waals surface area (Å²) in [6.45, 7) is -0.416. The molecule has 2 aromatic rings. The van der Waals surface area contributed by atoms with Crippen molar-refractivity contribution in [3.05, 3.63) is 64.2 Å². The highest BCUT2D eigenvalue weighted by atomic mass is 35.5. The van der Waals surface area contributed by atoms with Crippen molar-refractivity contribution in [3.8, 4) is 0 Å². The molecule has 0 fully saturated rings. The van der Waals surface area contributed by atoms with E-state index < -0.39 is 42.4 Å². The number of carbonyl (C=O) groups is 1. The lowest BCUT2D eigenvalue weighted by Crippen LogP contribution is -2.55. The molecule has 29 heavy (non-hydrogen) atoms. The van der Waals surface area contributed by atoms with Crippen molar-refractivity contribution in [2.24, 2.45) is 5.92 Å². The average Bonchev–Trinajstić information content (AvgIpc) is 2.59. The van der Waals surface area contributed by atoms with Gasteiger partial charge in [-0.1, -0.05) is 23.7 Å². The topological polar surface area (TPSA) is 40.5 Å². The van der Waals surface area contributed by atoms with Crippen LogP contribution in [-0.4, -0.2) is 23.3 Å². The van der Waals surface area contributed by atoms with Crippen LogP contribution in [0.2, 0.25) is 5.02 Å². The van der Waals surface area contributed by atoms with Crippen molar-refractivity contribution in [2.75, 3.05) is 4.90 Å². The molecule has 0 radical (unpaired) electrons. The lowest BCUT2D eigenvalue weighted by Gasteiger charge is -2.43. The van der Waals surface area contributed by atoms with E-state index in [4.69, 9.17) is 11.6 Å². The van der Waals surface area contributed by atoms with Gasteiger partial charge in [-0.25, -0.2) is 0 Å². The minimum Gasteiger partial charge on any atom is -0.481 e. The number of anilines is 1. The van der Waals surface area contributed by atoms with Crippen LogP contribution in [0.25, 0.3) is 0 Å². The number of fused-ring (bicyclic) bond motifs is 1. The highest BCUT2D eigenvalue weighted by Crippen LogP contribution is 2.43. The Morgan fingerprint density at radius 1 is 1.07 bits per heavy atom. The molecule has 156 valence electrons. The first kappa shape index (κ1) is 21.3. The zero-order valence-electron chi connectivity index (χ0n) is 14.6. The number of hydrogen-bond donors (Lipinski definition) is 1. The fourth-order valence-corrected chi connectivity index (χ4v) is 3.71. The molecule has 0 saturated heterocycles. The van der Waals surface area contributed by atoms with Gasteiger partial charge in [0, 0.05) is 17.3 Å². The Balaban J connectivity index is 2.05. The third-order valence-electron chi connectivity index (χ3n) is 4.79. The standard InChI is InChI=1S/C19H14ClF6NO2/c20-13-5-6-15-11(7-13)8-14(17(28)29)16(19(24,25)26)27(15)9-10-1-3-12(4-2-10)18(21,22)23/h1-7,14,16H,8-9H2,(H,28,29)/t14-,16+/m1/s1. The van der Waals surface area contributed by atoms with E-state index in [9.17, 15) is 36.2 Å². The maximum absolute atomic E-state index is 13.8. The Hall–Kier alpha value is -2.42. The molecule has 2 atom stereocenters. The third kappa shape index (κ3) is 4.44. The quantitative estimate of drug-likeness (QED) is 0.640. The molecule has 1 heterocycles. The van der Waals surface area contributed by atoms with E-state index in [1.807, 2.05) is 0 Å². The van der Waals surface area contributed by atoms with E-state index in [1.54, 1.807) is 0 Å². The summed E-state index contributed by atoms with van der Waals surface area (Å²) in [5.74, 6) is -3.40. The van der Waals surface area contributed by atoms with Gasteiger partial charge in [0.05, 0.1) is 11.5 Å². The van der Waals surface area contributed by atoms with Gasteiger partial charge in [0.15, 0.2) is 0 Å². The molecule has 10 heteroatoms. The molecule has 0 aliphatic carbocycles. The maximum atomic E-state index is 13.8. The van der Waals surface area contributed by atoms with Crippen LogP contribution in [0.4, 0.5) is 32.0 Å². The second-order valence-corrected chi connectivity index (χ2v) is 7.17. The number of rotatable bonds is 3. The molecule has 3 rings (SSSR count). The summed E-state index contributed by atoms with van der Waals surface area (Å²) in [7, 11) is 0. The van der Waals surface area contributed by atoms with Crippen LogP contribution in [0.5, 0.6) is 0 Å². The molecule has 0 amide bonds. The second-order valence-electron chi connectivity index (χ2n) is 6.73. The van der Waals surface area contributed by atoms with Crippen molar-refractivity contribution in [3.63, 3.8) is 0 Å². The molecule has 1 aliphatic rings. The molecule has 1 N–H and O–H groups in total. The van der Waals surface area contributed by atoms with Crippen LogP contribution in [0.3, 0.4) is 0 Å². The van der Waals surface area contributed by atoms with Crippen LogP contribution in [-0.2, 0) is 23.9 Å². The van der Waals surface area contributed by atoms with Crippen molar-refractivity contribution in [1.82, 2.24) is 0 Å². The number of benzene rings is 2. The fourth-order valence-electron chi connectivity index (χ4n) is 3.52. The Labute approximate surface area is 166 Å². The van der Waals surface area contributed by atoms with Gasteiger partial charge in [0.25, 0.3) is 0 Å². The van der Waals surface area contributed by atoms with E-state index in [1.165, 1.54) is 18.2 Å². The average molecular weight is 438 g/mol. The summed E-state index contributed by atoms with van der Waals surface area (Å²) < 4.78 is 79.7. The predicted octanol–water partition coefficient (Wildman–Crippen LogP) is 5.55. The summed E-state index contributed by atoms with van der Waals surface area (Å²) in [6, 6.07) is 5.52. The van der Waals surface area contributed by atoms with E-state index in [0.717, 1.165) is 29.2 Å². The molecule has 1 aliphatic heterocycles. The van der Waals surface area contributed by atoms with E-state index >= 15 is 0 Å². The van der Waals surface area contributed by atoms with Gasteiger partial charge >= 0.3 is 18.3 Å². The lowest BCUT2D eigenvalue weighted by atomic mass is 9.84. The van der Waals surface area contributed by atoms with Crippen LogP contribution in [0.15, 0.2) is 42.5 Å². The zero-order chi connectivity index (χ0) is 21.6. The first-order chi connectivity index (χ1) is 13.4. The van der Waals surface area contributed by atoms with Gasteiger partial charge in [0.1, 0.15) is 6.04 Å². The van der Waals surface area contributed by atoms with E-state index in [-0.39, 0.29) is 22.7 Å². The number of nitrogens with zero attached hydrogens (tertiary/aromatic N) is 1. The number of halogens is 7. The number of hydrogen-bond acceptors (Lipinski definition) is 2. The zero-order valence-corrected chi connectivity index (χ0v) is 15.3.